The fraction of sp³-hybridized carbons (Fsp3) is 0.647. The van der Waals surface area contributed by atoms with Gasteiger partial charge in [-0.15, -0.1) is 11.6 Å². The molecule has 0 radical (unpaired) electrons. The van der Waals surface area contributed by atoms with Crippen molar-refractivity contribution in [3.63, 3.8) is 0 Å². The molecular weight excluding hydrogens is 272 g/mol. The maximum absolute atomic E-state index is 6.60. The summed E-state index contributed by atoms with van der Waals surface area (Å²) in [6, 6.07) is 4.31. The number of methoxy groups -OCH3 is 1. The Morgan fingerprint density at radius 3 is 2.35 bits per heavy atom. The Bertz CT molecular complexity index is 429. The van der Waals surface area contributed by atoms with Crippen molar-refractivity contribution in [1.82, 2.24) is 0 Å². The molecule has 3 heteroatoms. The number of halogens is 1. The lowest BCUT2D eigenvalue weighted by Gasteiger charge is -2.36. The van der Waals surface area contributed by atoms with Crippen LogP contribution in [0.1, 0.15) is 48.3 Å². The number of aryl methyl sites for hydroxylation is 2. The molecule has 1 fully saturated rings. The van der Waals surface area contributed by atoms with Crippen LogP contribution in [0.2, 0.25) is 0 Å². The second-order valence-electron chi connectivity index (χ2n) is 5.81. The van der Waals surface area contributed by atoms with Crippen molar-refractivity contribution in [3.8, 4) is 5.75 Å². The minimum Gasteiger partial charge on any atom is -0.496 e. The van der Waals surface area contributed by atoms with Gasteiger partial charge in [-0.2, -0.15) is 0 Å². The van der Waals surface area contributed by atoms with E-state index in [0.717, 1.165) is 42.7 Å². The Morgan fingerprint density at radius 1 is 1.25 bits per heavy atom. The largest absolute Gasteiger partial charge is 0.496 e. The van der Waals surface area contributed by atoms with Gasteiger partial charge in [-0.1, -0.05) is 12.1 Å². The molecule has 1 saturated carbocycles. The molecule has 1 aliphatic carbocycles. The quantitative estimate of drug-likeness (QED) is 0.702. The number of benzene rings is 1. The van der Waals surface area contributed by atoms with Crippen molar-refractivity contribution in [2.45, 2.75) is 51.5 Å². The number of hydrogen-bond donors (Lipinski definition) is 0. The summed E-state index contributed by atoms with van der Waals surface area (Å²) in [5.74, 6) is 1.68. The highest BCUT2D eigenvalue weighted by molar-refractivity contribution is 6.20. The molecule has 0 heterocycles. The molecule has 1 atom stereocenters. The molecule has 2 nitrogen and oxygen atoms in total. The number of hydrogen-bond acceptors (Lipinski definition) is 2. The monoisotopic (exact) mass is 296 g/mol. The van der Waals surface area contributed by atoms with Gasteiger partial charge in [0.2, 0.25) is 0 Å². The van der Waals surface area contributed by atoms with Crippen molar-refractivity contribution in [2.24, 2.45) is 5.92 Å². The Morgan fingerprint density at radius 2 is 1.85 bits per heavy atom. The van der Waals surface area contributed by atoms with Crippen LogP contribution in [0, 0.1) is 19.8 Å². The molecule has 0 spiro atoms. The summed E-state index contributed by atoms with van der Waals surface area (Å²) in [6.45, 7) is 7.03. The highest BCUT2D eigenvalue weighted by Gasteiger charge is 2.31. The second-order valence-corrected chi connectivity index (χ2v) is 6.33. The molecule has 0 bridgehead atoms. The van der Waals surface area contributed by atoms with Crippen LogP contribution in [0.15, 0.2) is 12.1 Å². The number of rotatable bonds is 6. The number of ether oxygens (including phenoxy) is 2. The normalized spacial score (nSPS) is 23.2. The van der Waals surface area contributed by atoms with Crippen LogP contribution in [0.5, 0.6) is 5.75 Å². The van der Waals surface area contributed by atoms with Crippen LogP contribution in [0.4, 0.5) is 0 Å². The molecule has 20 heavy (non-hydrogen) atoms. The maximum atomic E-state index is 6.60. The van der Waals surface area contributed by atoms with Crippen molar-refractivity contribution in [3.05, 3.63) is 28.8 Å². The standard InChI is InChI=1S/C17H25ClO2/c1-5-20-15-8-13(9-15)10-16(18)14-6-11(2)17(19-4)12(3)7-14/h6-7,13,15-16H,5,8-10H2,1-4H3. The zero-order chi connectivity index (χ0) is 14.7. The van der Waals surface area contributed by atoms with E-state index in [0.29, 0.717) is 12.0 Å². The lowest BCUT2D eigenvalue weighted by Crippen LogP contribution is -2.31. The summed E-state index contributed by atoms with van der Waals surface area (Å²) in [5.41, 5.74) is 3.53. The van der Waals surface area contributed by atoms with Crippen LogP contribution < -0.4 is 4.74 Å². The Labute approximate surface area is 127 Å². The molecular formula is C17H25ClO2. The van der Waals surface area contributed by atoms with E-state index in [-0.39, 0.29) is 5.38 Å². The molecule has 1 aliphatic rings. The van der Waals surface area contributed by atoms with Gasteiger partial charge < -0.3 is 9.47 Å². The lowest BCUT2D eigenvalue weighted by atomic mass is 9.78. The van der Waals surface area contributed by atoms with E-state index in [9.17, 15) is 0 Å². The molecule has 0 aromatic heterocycles. The van der Waals surface area contributed by atoms with E-state index < -0.39 is 0 Å². The van der Waals surface area contributed by atoms with Gasteiger partial charge in [0.1, 0.15) is 5.75 Å². The average molecular weight is 297 g/mol. The summed E-state index contributed by atoms with van der Waals surface area (Å²) in [6.07, 6.45) is 3.82. The molecule has 0 aliphatic heterocycles. The summed E-state index contributed by atoms with van der Waals surface area (Å²) in [7, 11) is 1.72. The molecule has 1 unspecified atom stereocenters. The van der Waals surface area contributed by atoms with E-state index in [1.807, 2.05) is 0 Å². The van der Waals surface area contributed by atoms with Gasteiger partial charge in [-0.3, -0.25) is 0 Å². The molecule has 1 aromatic carbocycles. The molecule has 0 saturated heterocycles. The topological polar surface area (TPSA) is 18.5 Å². The molecule has 0 amide bonds. The van der Waals surface area contributed by atoms with Crippen molar-refractivity contribution >= 4 is 11.6 Å². The van der Waals surface area contributed by atoms with E-state index in [1.54, 1.807) is 7.11 Å². The summed E-state index contributed by atoms with van der Waals surface area (Å²) in [5, 5.41) is 0.0888. The fourth-order valence-corrected chi connectivity index (χ4v) is 3.53. The van der Waals surface area contributed by atoms with Gasteiger partial charge >= 0.3 is 0 Å². The first kappa shape index (κ1) is 15.7. The summed E-state index contributed by atoms with van der Waals surface area (Å²) >= 11 is 6.60. The lowest BCUT2D eigenvalue weighted by molar-refractivity contribution is -0.0267. The van der Waals surface area contributed by atoms with Crippen LogP contribution in [-0.4, -0.2) is 19.8 Å². The summed E-state index contributed by atoms with van der Waals surface area (Å²) in [4.78, 5) is 0. The zero-order valence-corrected chi connectivity index (χ0v) is 13.7. The Kier molecular flexibility index (Phi) is 5.34. The van der Waals surface area contributed by atoms with Gasteiger partial charge in [0, 0.05) is 6.61 Å². The van der Waals surface area contributed by atoms with E-state index in [1.165, 1.54) is 5.56 Å². The predicted molar refractivity (Wildman–Crippen MR) is 83.8 cm³/mol. The van der Waals surface area contributed by atoms with Crippen molar-refractivity contribution < 1.29 is 9.47 Å². The minimum absolute atomic E-state index is 0.0888. The Balaban J connectivity index is 1.95. The minimum atomic E-state index is 0.0888. The smallest absolute Gasteiger partial charge is 0.124 e. The molecule has 0 N–H and O–H groups in total. The zero-order valence-electron chi connectivity index (χ0n) is 12.9. The van der Waals surface area contributed by atoms with Crippen LogP contribution >= 0.6 is 11.6 Å². The van der Waals surface area contributed by atoms with E-state index >= 15 is 0 Å². The van der Waals surface area contributed by atoms with E-state index in [2.05, 4.69) is 32.9 Å². The third kappa shape index (κ3) is 3.48. The molecule has 1 aromatic rings. The third-order valence-electron chi connectivity index (χ3n) is 4.18. The second kappa shape index (κ2) is 6.82. The molecule has 2 rings (SSSR count). The van der Waals surface area contributed by atoms with Crippen LogP contribution in [-0.2, 0) is 4.74 Å². The van der Waals surface area contributed by atoms with E-state index in [4.69, 9.17) is 21.1 Å². The van der Waals surface area contributed by atoms with Crippen LogP contribution in [0.25, 0.3) is 0 Å². The summed E-state index contributed by atoms with van der Waals surface area (Å²) < 4.78 is 11.0. The van der Waals surface area contributed by atoms with Gasteiger partial charge in [0.25, 0.3) is 0 Å². The fourth-order valence-electron chi connectivity index (χ4n) is 3.15. The SMILES string of the molecule is CCOC1CC(CC(Cl)c2cc(C)c(OC)c(C)c2)C1. The van der Waals surface area contributed by atoms with Gasteiger partial charge in [0.15, 0.2) is 0 Å². The highest BCUT2D eigenvalue weighted by atomic mass is 35.5. The first-order chi connectivity index (χ1) is 9.55. The van der Waals surface area contributed by atoms with Crippen molar-refractivity contribution in [2.75, 3.05) is 13.7 Å². The Hall–Kier alpha value is -0.730. The average Bonchev–Trinajstić information content (AvgIpc) is 2.35. The highest BCUT2D eigenvalue weighted by Crippen LogP contribution is 2.40. The van der Waals surface area contributed by atoms with Gasteiger partial charge in [-0.25, -0.2) is 0 Å². The number of alkyl halides is 1. The molecule has 112 valence electrons. The predicted octanol–water partition coefficient (Wildman–Crippen LogP) is 4.80. The van der Waals surface area contributed by atoms with Crippen LogP contribution in [0.3, 0.4) is 0 Å². The first-order valence-electron chi connectivity index (χ1n) is 7.45. The van der Waals surface area contributed by atoms with Gasteiger partial charge in [0.05, 0.1) is 18.6 Å². The maximum Gasteiger partial charge on any atom is 0.124 e. The van der Waals surface area contributed by atoms with Gasteiger partial charge in [-0.05, 0) is 62.6 Å². The third-order valence-corrected chi connectivity index (χ3v) is 4.61. The van der Waals surface area contributed by atoms with Crippen molar-refractivity contribution in [1.29, 1.82) is 0 Å². The first-order valence-corrected chi connectivity index (χ1v) is 7.89.